The van der Waals surface area contributed by atoms with Crippen LogP contribution >= 0.6 is 0 Å². The minimum absolute atomic E-state index is 0.135. The van der Waals surface area contributed by atoms with Crippen LogP contribution in [-0.4, -0.2) is 21.9 Å². The van der Waals surface area contributed by atoms with Gasteiger partial charge in [-0.1, -0.05) is 54.6 Å². The van der Waals surface area contributed by atoms with Crippen molar-refractivity contribution in [2.45, 2.75) is 13.0 Å². The molecule has 5 nitrogen and oxygen atoms in total. The van der Waals surface area contributed by atoms with E-state index in [0.717, 1.165) is 16.6 Å². The van der Waals surface area contributed by atoms with Crippen molar-refractivity contribution in [3.8, 4) is 16.9 Å². The normalized spacial score (nSPS) is 11.2. The van der Waals surface area contributed by atoms with Crippen LogP contribution in [0.15, 0.2) is 83.8 Å². The van der Waals surface area contributed by atoms with E-state index in [2.05, 4.69) is 10.1 Å². The lowest BCUT2D eigenvalue weighted by Gasteiger charge is -2.12. The fourth-order valence-corrected chi connectivity index (χ4v) is 3.96. The third-order valence-corrected chi connectivity index (χ3v) is 5.59. The molecular weight excluding hydrogens is 405 g/mol. The highest BCUT2D eigenvalue weighted by Crippen LogP contribution is 2.32. The van der Waals surface area contributed by atoms with Crippen LogP contribution < -0.4 is 10.3 Å². The van der Waals surface area contributed by atoms with Gasteiger partial charge in [-0.3, -0.25) is 9.78 Å². The van der Waals surface area contributed by atoms with Crippen LogP contribution in [0.25, 0.3) is 32.8 Å². The Balaban J connectivity index is 1.54. The van der Waals surface area contributed by atoms with Gasteiger partial charge in [-0.15, -0.1) is 0 Å². The fourth-order valence-electron chi connectivity index (χ4n) is 3.96. The maximum Gasteiger partial charge on any atom is 0.275 e. The van der Waals surface area contributed by atoms with Gasteiger partial charge >= 0.3 is 0 Å². The first-order valence-corrected chi connectivity index (χ1v) is 10.3. The number of methoxy groups -OCH3 is 1. The number of nitrogens with zero attached hydrogens (tertiary/aromatic N) is 3. The van der Waals surface area contributed by atoms with Crippen LogP contribution in [0.4, 0.5) is 4.39 Å². The lowest BCUT2D eigenvalue weighted by atomic mass is 9.99. The number of benzene rings is 3. The van der Waals surface area contributed by atoms with Gasteiger partial charge in [0, 0.05) is 28.5 Å². The lowest BCUT2D eigenvalue weighted by molar-refractivity contribution is 0.387. The molecule has 0 saturated heterocycles. The number of rotatable bonds is 5. The molecule has 5 aromatic rings. The average Bonchev–Trinajstić information content (AvgIpc) is 2.83. The predicted octanol–water partition coefficient (Wildman–Crippen LogP) is 5.00. The first kappa shape index (κ1) is 19.9. The highest BCUT2D eigenvalue weighted by Gasteiger charge is 2.16. The van der Waals surface area contributed by atoms with Crippen LogP contribution in [-0.2, 0) is 13.0 Å². The molecule has 5 rings (SSSR count). The maximum absolute atomic E-state index is 15.0. The summed E-state index contributed by atoms with van der Waals surface area (Å²) in [6, 6.07) is 22.2. The smallest absolute Gasteiger partial charge is 0.275 e. The van der Waals surface area contributed by atoms with Gasteiger partial charge in [0.2, 0.25) is 0 Å². The van der Waals surface area contributed by atoms with Gasteiger partial charge in [0.25, 0.3) is 5.56 Å². The van der Waals surface area contributed by atoms with E-state index in [1.807, 2.05) is 36.4 Å². The summed E-state index contributed by atoms with van der Waals surface area (Å²) in [5.74, 6) is -0.359. The Morgan fingerprint density at radius 2 is 1.69 bits per heavy atom. The van der Waals surface area contributed by atoms with Crippen LogP contribution in [0.2, 0.25) is 0 Å². The highest BCUT2D eigenvalue weighted by atomic mass is 19.1. The number of hydrogen-bond donors (Lipinski definition) is 0. The third kappa shape index (κ3) is 3.50. The van der Waals surface area contributed by atoms with E-state index in [4.69, 9.17) is 4.74 Å². The second-order valence-electron chi connectivity index (χ2n) is 7.51. The zero-order valence-corrected chi connectivity index (χ0v) is 17.5. The molecule has 2 aromatic heterocycles. The van der Waals surface area contributed by atoms with Crippen molar-refractivity contribution in [3.05, 3.63) is 101 Å². The molecule has 0 atom stereocenters. The SMILES string of the molecule is COc1cccc(-c2cccc3cnn(CCc4ccc5ccccc5n4)c(=O)c23)c1F. The van der Waals surface area contributed by atoms with Gasteiger partial charge in [-0.2, -0.15) is 5.10 Å². The van der Waals surface area contributed by atoms with Gasteiger partial charge in [0.05, 0.1) is 30.8 Å². The zero-order valence-electron chi connectivity index (χ0n) is 17.5. The van der Waals surface area contributed by atoms with Crippen molar-refractivity contribution >= 4 is 21.7 Å². The Morgan fingerprint density at radius 1 is 0.906 bits per heavy atom. The topological polar surface area (TPSA) is 57.0 Å². The number of pyridine rings is 1. The van der Waals surface area contributed by atoms with Crippen molar-refractivity contribution in [1.82, 2.24) is 14.8 Å². The average molecular weight is 425 g/mol. The first-order chi connectivity index (χ1) is 15.7. The molecule has 0 bridgehead atoms. The van der Waals surface area contributed by atoms with Gasteiger partial charge in [0.1, 0.15) is 0 Å². The summed E-state index contributed by atoms with van der Waals surface area (Å²) in [5, 5.41) is 6.50. The quantitative estimate of drug-likeness (QED) is 0.398. The second-order valence-corrected chi connectivity index (χ2v) is 7.51. The molecule has 0 spiro atoms. The number of hydrogen-bond acceptors (Lipinski definition) is 4. The van der Waals surface area contributed by atoms with Crippen molar-refractivity contribution in [2.24, 2.45) is 0 Å². The summed E-state index contributed by atoms with van der Waals surface area (Å²) in [6.07, 6.45) is 2.20. The molecule has 0 fully saturated rings. The summed E-state index contributed by atoms with van der Waals surface area (Å²) in [5.41, 5.74) is 2.37. The van der Waals surface area contributed by atoms with Gasteiger partial charge in [0.15, 0.2) is 11.6 Å². The van der Waals surface area contributed by atoms with E-state index < -0.39 is 5.82 Å². The second kappa shape index (κ2) is 8.23. The molecule has 3 aromatic carbocycles. The summed E-state index contributed by atoms with van der Waals surface area (Å²) in [4.78, 5) is 18.0. The molecule has 32 heavy (non-hydrogen) atoms. The number of ether oxygens (including phenoxy) is 1. The van der Waals surface area contributed by atoms with Crippen LogP contribution in [0.1, 0.15) is 5.69 Å². The van der Waals surface area contributed by atoms with E-state index in [-0.39, 0.29) is 11.3 Å². The van der Waals surface area contributed by atoms with Crippen molar-refractivity contribution in [3.63, 3.8) is 0 Å². The van der Waals surface area contributed by atoms with E-state index in [1.165, 1.54) is 11.8 Å². The first-order valence-electron chi connectivity index (χ1n) is 10.3. The molecule has 2 heterocycles. The Bertz CT molecular complexity index is 1510. The van der Waals surface area contributed by atoms with Crippen molar-refractivity contribution in [2.75, 3.05) is 7.11 Å². The number of fused-ring (bicyclic) bond motifs is 2. The molecule has 0 aliphatic rings. The molecular formula is C26H20FN3O2. The van der Waals surface area contributed by atoms with E-state index in [1.54, 1.807) is 42.6 Å². The standard InChI is InChI=1S/C26H20FN3O2/c1-32-23-11-5-9-21(25(23)27)20-8-4-7-18-16-28-30(26(31)24(18)20)15-14-19-13-12-17-6-2-3-10-22(17)29-19/h2-13,16H,14-15H2,1H3. The van der Waals surface area contributed by atoms with Crippen LogP contribution in [0.3, 0.4) is 0 Å². The Labute approximate surface area is 183 Å². The molecule has 6 heteroatoms. The number of aryl methyl sites for hydroxylation is 2. The predicted molar refractivity (Wildman–Crippen MR) is 123 cm³/mol. The molecule has 0 unspecified atom stereocenters. The largest absolute Gasteiger partial charge is 0.494 e. The Hall–Kier alpha value is -4.06. The molecule has 0 aliphatic heterocycles. The summed E-state index contributed by atoms with van der Waals surface area (Å²) >= 11 is 0. The summed E-state index contributed by atoms with van der Waals surface area (Å²) in [6.45, 7) is 0.370. The van der Waals surface area contributed by atoms with E-state index in [0.29, 0.717) is 34.9 Å². The monoisotopic (exact) mass is 425 g/mol. The minimum atomic E-state index is -0.495. The van der Waals surface area contributed by atoms with Crippen molar-refractivity contribution < 1.29 is 9.13 Å². The third-order valence-electron chi connectivity index (χ3n) is 5.59. The van der Waals surface area contributed by atoms with Gasteiger partial charge < -0.3 is 4.74 Å². The number of aromatic nitrogens is 3. The molecule has 0 N–H and O–H groups in total. The van der Waals surface area contributed by atoms with Gasteiger partial charge in [-0.05, 0) is 23.8 Å². The Morgan fingerprint density at radius 3 is 2.56 bits per heavy atom. The number of para-hydroxylation sites is 1. The highest BCUT2D eigenvalue weighted by molar-refractivity contribution is 5.95. The maximum atomic E-state index is 15.0. The molecule has 0 radical (unpaired) electrons. The summed E-state index contributed by atoms with van der Waals surface area (Å²) in [7, 11) is 1.42. The minimum Gasteiger partial charge on any atom is -0.494 e. The van der Waals surface area contributed by atoms with Gasteiger partial charge in [-0.25, -0.2) is 9.07 Å². The molecule has 158 valence electrons. The van der Waals surface area contributed by atoms with Crippen LogP contribution in [0.5, 0.6) is 5.75 Å². The Kier molecular flexibility index (Phi) is 5.11. The molecule has 0 saturated carbocycles. The van der Waals surface area contributed by atoms with Crippen LogP contribution in [0, 0.1) is 5.82 Å². The van der Waals surface area contributed by atoms with Crippen molar-refractivity contribution in [1.29, 1.82) is 0 Å². The summed E-state index contributed by atoms with van der Waals surface area (Å²) < 4.78 is 21.5. The van der Waals surface area contributed by atoms with E-state index in [9.17, 15) is 9.18 Å². The lowest BCUT2D eigenvalue weighted by Crippen LogP contribution is -2.24. The number of halogens is 1. The zero-order chi connectivity index (χ0) is 22.1. The molecule has 0 aliphatic carbocycles. The molecule has 0 amide bonds. The van der Waals surface area contributed by atoms with E-state index >= 15 is 0 Å². The fraction of sp³-hybridized carbons (Fsp3) is 0.115.